The van der Waals surface area contributed by atoms with Gasteiger partial charge in [0.1, 0.15) is 0 Å². The zero-order chi connectivity index (χ0) is 20.3. The van der Waals surface area contributed by atoms with Gasteiger partial charge in [-0.2, -0.15) is 0 Å². The second-order valence-electron chi connectivity index (χ2n) is 7.17. The predicted molar refractivity (Wildman–Crippen MR) is 112 cm³/mol. The van der Waals surface area contributed by atoms with Gasteiger partial charge in [-0.25, -0.2) is 0 Å². The molecule has 0 saturated heterocycles. The smallest absolute Gasteiger partial charge is 0.305 e. The van der Waals surface area contributed by atoms with Gasteiger partial charge in [-0.15, -0.1) is 0 Å². The molecule has 0 aliphatic carbocycles. The van der Waals surface area contributed by atoms with Crippen molar-refractivity contribution in [2.45, 2.75) is 91.0 Å². The molecule has 0 aromatic carbocycles. The molecule has 0 heterocycles. The quantitative estimate of drug-likeness (QED) is 0.263. The number of hydrogen-bond acceptors (Lipinski definition) is 5. The Kier molecular flexibility index (Phi) is 17.5. The summed E-state index contributed by atoms with van der Waals surface area (Å²) in [7, 11) is 0. The summed E-state index contributed by atoms with van der Waals surface area (Å²) in [5, 5.41) is 3.23. The Balaban J connectivity index is 3.74. The molecule has 160 valence electrons. The Hall–Kier alpha value is -1.14. The summed E-state index contributed by atoms with van der Waals surface area (Å²) >= 11 is 0. The van der Waals surface area contributed by atoms with E-state index in [0.29, 0.717) is 25.9 Å². The normalized spacial score (nSPS) is 12.3. The van der Waals surface area contributed by atoms with Crippen molar-refractivity contribution in [2.75, 3.05) is 32.8 Å². The molecule has 6 heteroatoms. The van der Waals surface area contributed by atoms with Crippen LogP contribution >= 0.6 is 0 Å². The van der Waals surface area contributed by atoms with Gasteiger partial charge in [0.05, 0.1) is 12.6 Å². The van der Waals surface area contributed by atoms with Crippen LogP contribution in [-0.4, -0.2) is 55.6 Å². The zero-order valence-electron chi connectivity index (χ0n) is 17.9. The first kappa shape index (κ1) is 25.9. The molecule has 1 unspecified atom stereocenters. The molecule has 1 atom stereocenters. The van der Waals surface area contributed by atoms with Gasteiger partial charge in [-0.3, -0.25) is 9.59 Å². The first-order valence-electron chi connectivity index (χ1n) is 11.0. The van der Waals surface area contributed by atoms with Crippen molar-refractivity contribution in [3.05, 3.63) is 0 Å². The fourth-order valence-corrected chi connectivity index (χ4v) is 3.06. The van der Waals surface area contributed by atoms with Crippen LogP contribution in [0.5, 0.6) is 0 Å². The van der Waals surface area contributed by atoms with E-state index < -0.39 is 0 Å². The topological polar surface area (TPSA) is 84.7 Å². The Morgan fingerprint density at radius 2 is 1.63 bits per heavy atom. The maximum absolute atomic E-state index is 11.7. The molecule has 27 heavy (non-hydrogen) atoms. The first-order valence-corrected chi connectivity index (χ1v) is 11.0. The maximum Gasteiger partial charge on any atom is 0.305 e. The van der Waals surface area contributed by atoms with E-state index in [1.807, 2.05) is 0 Å². The minimum Gasteiger partial charge on any atom is -0.466 e. The zero-order valence-corrected chi connectivity index (χ0v) is 17.9. The molecule has 0 aliphatic rings. The van der Waals surface area contributed by atoms with Crippen molar-refractivity contribution in [1.82, 2.24) is 10.2 Å². The Morgan fingerprint density at radius 3 is 2.26 bits per heavy atom. The molecule has 0 fully saturated rings. The second kappa shape index (κ2) is 18.2. The average molecular weight is 386 g/mol. The molecule has 0 spiro atoms. The number of nitrogens with two attached hydrogens (primary N) is 1. The fourth-order valence-electron chi connectivity index (χ4n) is 3.06. The monoisotopic (exact) mass is 385 g/mol. The molecule has 6 nitrogen and oxygen atoms in total. The van der Waals surface area contributed by atoms with Crippen molar-refractivity contribution in [3.63, 3.8) is 0 Å². The lowest BCUT2D eigenvalue weighted by Crippen LogP contribution is -2.42. The van der Waals surface area contributed by atoms with Crippen LogP contribution in [0.15, 0.2) is 0 Å². The third-order valence-corrected chi connectivity index (χ3v) is 4.91. The predicted octanol–water partition coefficient (Wildman–Crippen LogP) is 3.24. The van der Waals surface area contributed by atoms with Crippen LogP contribution in [-0.2, 0) is 14.3 Å². The Bertz CT molecular complexity index is 374. The number of rotatable bonds is 19. The highest BCUT2D eigenvalue weighted by molar-refractivity contribution is 5.79. The number of nitrogens with zero attached hydrogens (tertiary/aromatic N) is 1. The van der Waals surface area contributed by atoms with E-state index >= 15 is 0 Å². The summed E-state index contributed by atoms with van der Waals surface area (Å²) in [6.45, 7) is 10.7. The summed E-state index contributed by atoms with van der Waals surface area (Å²) < 4.78 is 5.26. The highest BCUT2D eigenvalue weighted by Crippen LogP contribution is 2.08. The van der Waals surface area contributed by atoms with E-state index in [-0.39, 0.29) is 17.9 Å². The Labute approximate surface area is 166 Å². The third kappa shape index (κ3) is 15.6. The molecule has 1 amide bonds. The highest BCUT2D eigenvalue weighted by Gasteiger charge is 2.14. The van der Waals surface area contributed by atoms with Crippen LogP contribution in [0.2, 0.25) is 0 Å². The van der Waals surface area contributed by atoms with Crippen molar-refractivity contribution >= 4 is 11.9 Å². The molecule has 0 saturated carbocycles. The number of hydrogen-bond donors (Lipinski definition) is 2. The summed E-state index contributed by atoms with van der Waals surface area (Å²) in [5.74, 6) is -0.468. The number of unbranched alkanes of at least 4 members (excludes halogenated alkanes) is 5. The molecule has 0 bridgehead atoms. The molecular formula is C21H43N3O3. The van der Waals surface area contributed by atoms with Crippen molar-refractivity contribution in [3.8, 4) is 0 Å². The van der Waals surface area contributed by atoms with Gasteiger partial charge in [0.15, 0.2) is 0 Å². The lowest BCUT2D eigenvalue weighted by Gasteiger charge is -2.19. The molecule has 3 N–H and O–H groups in total. The van der Waals surface area contributed by atoms with Crippen LogP contribution in [0, 0.1) is 0 Å². The summed E-state index contributed by atoms with van der Waals surface area (Å²) in [5.41, 5.74) is 5.47. The van der Waals surface area contributed by atoms with Gasteiger partial charge >= 0.3 is 5.97 Å². The van der Waals surface area contributed by atoms with E-state index in [9.17, 15) is 9.59 Å². The van der Waals surface area contributed by atoms with Crippen LogP contribution in [0.1, 0.15) is 85.0 Å². The van der Waals surface area contributed by atoms with E-state index in [4.69, 9.17) is 10.5 Å². The molecular weight excluding hydrogens is 342 g/mol. The molecule has 0 radical (unpaired) electrons. The van der Waals surface area contributed by atoms with Crippen LogP contribution < -0.4 is 11.1 Å². The lowest BCUT2D eigenvalue weighted by atomic mass is 10.1. The highest BCUT2D eigenvalue weighted by atomic mass is 16.5. The van der Waals surface area contributed by atoms with E-state index in [0.717, 1.165) is 45.4 Å². The molecule has 0 rings (SSSR count). The minimum atomic E-state index is -0.348. The second-order valence-corrected chi connectivity index (χ2v) is 7.17. The van der Waals surface area contributed by atoms with Crippen LogP contribution in [0.25, 0.3) is 0 Å². The number of ether oxygens (including phenoxy) is 1. The number of carbonyl (C=O) groups is 2. The van der Waals surface area contributed by atoms with Crippen LogP contribution in [0.4, 0.5) is 0 Å². The van der Waals surface area contributed by atoms with Gasteiger partial charge in [0.2, 0.25) is 5.91 Å². The number of esters is 1. The number of nitrogens with one attached hydrogen (secondary N) is 1. The van der Waals surface area contributed by atoms with E-state index in [1.165, 1.54) is 25.7 Å². The number of carbonyl (C=O) groups excluding carboxylic acids is 2. The minimum absolute atomic E-state index is 0.131. The van der Waals surface area contributed by atoms with Crippen molar-refractivity contribution in [1.29, 1.82) is 0 Å². The number of primary amides is 1. The molecule has 0 aromatic heterocycles. The number of amides is 1. The maximum atomic E-state index is 11.7. The van der Waals surface area contributed by atoms with Gasteiger partial charge in [-0.1, -0.05) is 52.9 Å². The Morgan fingerprint density at radius 1 is 0.963 bits per heavy atom. The van der Waals surface area contributed by atoms with Gasteiger partial charge in [0.25, 0.3) is 0 Å². The SMILES string of the molecule is CCCCCCCCC(=O)OCCCC(NCCCN(CC)CC)C(N)=O. The van der Waals surface area contributed by atoms with Gasteiger partial charge in [0, 0.05) is 6.42 Å². The van der Waals surface area contributed by atoms with Crippen molar-refractivity contribution < 1.29 is 14.3 Å². The van der Waals surface area contributed by atoms with E-state index in [1.54, 1.807) is 0 Å². The van der Waals surface area contributed by atoms with Gasteiger partial charge in [-0.05, 0) is 51.9 Å². The molecule has 0 aliphatic heterocycles. The largest absolute Gasteiger partial charge is 0.466 e. The summed E-state index contributed by atoms with van der Waals surface area (Å²) in [4.78, 5) is 25.6. The first-order chi connectivity index (χ1) is 13.0. The van der Waals surface area contributed by atoms with Gasteiger partial charge < -0.3 is 20.7 Å². The van der Waals surface area contributed by atoms with E-state index in [2.05, 4.69) is 31.0 Å². The standard InChI is InChI=1S/C21H43N3O3/c1-4-7-8-9-10-11-15-20(25)27-18-12-14-19(21(22)26)23-16-13-17-24(5-2)6-3/h19,23H,4-18H2,1-3H3,(H2,22,26). The molecule has 0 aromatic rings. The lowest BCUT2D eigenvalue weighted by molar-refractivity contribution is -0.143. The summed E-state index contributed by atoms with van der Waals surface area (Å²) in [6, 6.07) is -0.348. The van der Waals surface area contributed by atoms with Crippen LogP contribution in [0.3, 0.4) is 0 Å². The third-order valence-electron chi connectivity index (χ3n) is 4.91. The van der Waals surface area contributed by atoms with Crippen molar-refractivity contribution in [2.24, 2.45) is 5.73 Å². The fraction of sp³-hybridized carbons (Fsp3) is 0.905. The summed E-state index contributed by atoms with van der Waals surface area (Å²) in [6.07, 6.45) is 9.69. The average Bonchev–Trinajstić information content (AvgIpc) is 2.66.